The van der Waals surface area contributed by atoms with Gasteiger partial charge in [-0.15, -0.1) is 0 Å². The maximum Gasteiger partial charge on any atom is 0.110 e. The lowest BCUT2D eigenvalue weighted by atomic mass is 10.1. The second-order valence-electron chi connectivity index (χ2n) is 5.50. The molecule has 0 bridgehead atoms. The van der Waals surface area contributed by atoms with Crippen LogP contribution in [0.5, 0.6) is 0 Å². The number of aryl methyl sites for hydroxylation is 1. The van der Waals surface area contributed by atoms with Crippen LogP contribution in [0.1, 0.15) is 39.1 Å². The van der Waals surface area contributed by atoms with Crippen molar-refractivity contribution in [1.82, 2.24) is 9.55 Å². The Labute approximate surface area is 119 Å². The Balaban J connectivity index is 2.38. The maximum atomic E-state index is 6.04. The predicted octanol–water partition coefficient (Wildman–Crippen LogP) is 3.80. The van der Waals surface area contributed by atoms with Gasteiger partial charge in [-0.2, -0.15) is 0 Å². The highest BCUT2D eigenvalue weighted by Crippen LogP contribution is 2.25. The lowest BCUT2D eigenvalue weighted by Crippen LogP contribution is -2.13. The van der Waals surface area contributed by atoms with E-state index >= 15 is 0 Å². The van der Waals surface area contributed by atoms with Crippen molar-refractivity contribution in [3.05, 3.63) is 29.0 Å². The summed E-state index contributed by atoms with van der Waals surface area (Å²) >= 11 is 6.04. The minimum absolute atomic E-state index is 0.398. The number of nitrogens with two attached hydrogens (primary N) is 1. The molecule has 3 nitrogen and oxygen atoms in total. The monoisotopic (exact) mass is 279 g/mol. The molecule has 1 aromatic carbocycles. The summed E-state index contributed by atoms with van der Waals surface area (Å²) in [5.74, 6) is 1.66. The average Bonchev–Trinajstić information content (AvgIpc) is 2.73. The number of hydrogen-bond donors (Lipinski definition) is 1. The number of imidazole rings is 1. The zero-order chi connectivity index (χ0) is 14.0. The highest BCUT2D eigenvalue weighted by atomic mass is 35.5. The van der Waals surface area contributed by atoms with Crippen molar-refractivity contribution in [2.45, 2.75) is 39.7 Å². The molecule has 2 aromatic rings. The first kappa shape index (κ1) is 14.4. The van der Waals surface area contributed by atoms with Crippen molar-refractivity contribution in [2.24, 2.45) is 11.7 Å². The first-order valence-corrected chi connectivity index (χ1v) is 7.27. The Kier molecular flexibility index (Phi) is 4.48. The van der Waals surface area contributed by atoms with E-state index in [1.807, 2.05) is 12.1 Å². The molecule has 19 heavy (non-hydrogen) atoms. The van der Waals surface area contributed by atoms with Crippen molar-refractivity contribution >= 4 is 22.6 Å². The molecule has 1 atom stereocenters. The van der Waals surface area contributed by atoms with Crippen LogP contribution in [0.25, 0.3) is 11.0 Å². The molecule has 0 spiro atoms. The summed E-state index contributed by atoms with van der Waals surface area (Å²) in [6, 6.07) is 6.32. The molecule has 1 heterocycles. The molecular formula is C15H22ClN3. The molecule has 0 saturated carbocycles. The molecule has 2 N–H and O–H groups in total. The van der Waals surface area contributed by atoms with Crippen molar-refractivity contribution in [3.63, 3.8) is 0 Å². The zero-order valence-electron chi connectivity index (χ0n) is 11.9. The number of halogens is 1. The summed E-state index contributed by atoms with van der Waals surface area (Å²) in [5.41, 5.74) is 7.83. The second kappa shape index (κ2) is 5.93. The van der Waals surface area contributed by atoms with Gasteiger partial charge in [-0.3, -0.25) is 0 Å². The van der Waals surface area contributed by atoms with Crippen LogP contribution in [0, 0.1) is 5.92 Å². The highest BCUT2D eigenvalue weighted by molar-refractivity contribution is 6.31. The molecule has 4 heteroatoms. The number of fused-ring (bicyclic) bond motifs is 1. The van der Waals surface area contributed by atoms with Crippen molar-refractivity contribution in [3.8, 4) is 0 Å². The summed E-state index contributed by atoms with van der Waals surface area (Å²) in [6.07, 6.45) is 2.03. The molecule has 0 aliphatic rings. The van der Waals surface area contributed by atoms with E-state index in [4.69, 9.17) is 22.3 Å². The van der Waals surface area contributed by atoms with Gasteiger partial charge in [0.2, 0.25) is 0 Å². The molecule has 0 aliphatic carbocycles. The van der Waals surface area contributed by atoms with Gasteiger partial charge in [0, 0.05) is 17.5 Å². The van der Waals surface area contributed by atoms with Crippen LogP contribution in [-0.4, -0.2) is 16.1 Å². The van der Waals surface area contributed by atoms with E-state index in [2.05, 4.69) is 31.4 Å². The van der Waals surface area contributed by atoms with E-state index < -0.39 is 0 Å². The Hall–Kier alpha value is -1.06. The van der Waals surface area contributed by atoms with Crippen LogP contribution >= 0.6 is 11.6 Å². The normalized spacial score (nSPS) is 13.4. The largest absolute Gasteiger partial charge is 0.330 e. The molecule has 0 radical (unpaired) electrons. The summed E-state index contributed by atoms with van der Waals surface area (Å²) in [7, 11) is 0. The quantitative estimate of drug-likeness (QED) is 0.905. The second-order valence-corrected chi connectivity index (χ2v) is 5.94. The molecular weight excluding hydrogens is 258 g/mol. The van der Waals surface area contributed by atoms with Gasteiger partial charge in [0.05, 0.1) is 11.0 Å². The lowest BCUT2D eigenvalue weighted by Gasteiger charge is -2.14. The molecule has 0 aliphatic heterocycles. The average molecular weight is 280 g/mol. The van der Waals surface area contributed by atoms with E-state index in [9.17, 15) is 0 Å². The molecule has 1 unspecified atom stereocenters. The number of rotatable bonds is 5. The van der Waals surface area contributed by atoms with Crippen LogP contribution in [0.4, 0.5) is 0 Å². The zero-order valence-corrected chi connectivity index (χ0v) is 12.6. The van der Waals surface area contributed by atoms with Crippen molar-refractivity contribution in [2.75, 3.05) is 6.54 Å². The van der Waals surface area contributed by atoms with Crippen molar-refractivity contribution < 1.29 is 0 Å². The van der Waals surface area contributed by atoms with E-state index in [0.29, 0.717) is 12.0 Å². The van der Waals surface area contributed by atoms with Gasteiger partial charge < -0.3 is 10.3 Å². The summed E-state index contributed by atoms with van der Waals surface area (Å²) < 4.78 is 2.30. The topological polar surface area (TPSA) is 43.8 Å². The van der Waals surface area contributed by atoms with Crippen LogP contribution in [0.15, 0.2) is 18.2 Å². The Bertz CT molecular complexity index is 560. The molecule has 0 fully saturated rings. The number of aromatic nitrogens is 2. The third kappa shape index (κ3) is 3.10. The van der Waals surface area contributed by atoms with Gasteiger partial charge in [0.25, 0.3) is 0 Å². The third-order valence-corrected chi connectivity index (χ3v) is 3.74. The van der Waals surface area contributed by atoms with Crippen LogP contribution in [-0.2, 0) is 6.42 Å². The predicted molar refractivity (Wildman–Crippen MR) is 81.7 cm³/mol. The summed E-state index contributed by atoms with van der Waals surface area (Å²) in [4.78, 5) is 4.74. The minimum Gasteiger partial charge on any atom is -0.330 e. The number of benzene rings is 1. The first-order chi connectivity index (χ1) is 9.02. The van der Waals surface area contributed by atoms with Gasteiger partial charge in [0.1, 0.15) is 5.82 Å². The fourth-order valence-corrected chi connectivity index (χ4v) is 2.53. The Morgan fingerprint density at radius 1 is 1.32 bits per heavy atom. The summed E-state index contributed by atoms with van der Waals surface area (Å²) in [5, 5.41) is 0.739. The van der Waals surface area contributed by atoms with Gasteiger partial charge in [-0.1, -0.05) is 18.5 Å². The van der Waals surface area contributed by atoms with Gasteiger partial charge in [0.15, 0.2) is 0 Å². The Morgan fingerprint density at radius 3 is 2.68 bits per heavy atom. The fraction of sp³-hybridized carbons (Fsp3) is 0.533. The Morgan fingerprint density at radius 2 is 2.05 bits per heavy atom. The fourth-order valence-electron chi connectivity index (χ4n) is 2.37. The number of hydrogen-bond acceptors (Lipinski definition) is 2. The standard InChI is InChI=1S/C15H22ClN3/c1-10(2)19-14-6-5-12(16)8-13(14)18-15(19)7-4-11(3)9-17/h5-6,8,10-11H,4,7,9,17H2,1-3H3. The van der Waals surface area contributed by atoms with Gasteiger partial charge in [-0.25, -0.2) is 4.98 Å². The van der Waals surface area contributed by atoms with Crippen LogP contribution in [0.2, 0.25) is 5.02 Å². The SMILES string of the molecule is CC(CN)CCc1nc2cc(Cl)ccc2n1C(C)C. The first-order valence-electron chi connectivity index (χ1n) is 6.89. The minimum atomic E-state index is 0.398. The van der Waals surface area contributed by atoms with Crippen LogP contribution < -0.4 is 5.73 Å². The third-order valence-electron chi connectivity index (χ3n) is 3.50. The van der Waals surface area contributed by atoms with E-state index in [0.717, 1.165) is 41.3 Å². The van der Waals surface area contributed by atoms with E-state index in [1.165, 1.54) is 0 Å². The smallest absolute Gasteiger partial charge is 0.110 e. The molecule has 104 valence electrons. The molecule has 0 saturated heterocycles. The molecule has 0 amide bonds. The number of nitrogens with zero attached hydrogens (tertiary/aromatic N) is 2. The highest BCUT2D eigenvalue weighted by Gasteiger charge is 2.14. The van der Waals surface area contributed by atoms with Crippen molar-refractivity contribution in [1.29, 1.82) is 0 Å². The summed E-state index contributed by atoms with van der Waals surface area (Å²) in [6.45, 7) is 7.28. The van der Waals surface area contributed by atoms with E-state index in [-0.39, 0.29) is 0 Å². The van der Waals surface area contributed by atoms with Gasteiger partial charge >= 0.3 is 0 Å². The maximum absolute atomic E-state index is 6.04. The van der Waals surface area contributed by atoms with E-state index in [1.54, 1.807) is 0 Å². The van der Waals surface area contributed by atoms with Crippen LogP contribution in [0.3, 0.4) is 0 Å². The molecule has 1 aromatic heterocycles. The molecule has 2 rings (SSSR count). The lowest BCUT2D eigenvalue weighted by molar-refractivity contribution is 0.510. The van der Waals surface area contributed by atoms with Gasteiger partial charge in [-0.05, 0) is 50.9 Å².